The molecule has 2 aromatic carbocycles. The van der Waals surface area contributed by atoms with Crippen molar-refractivity contribution in [2.75, 3.05) is 11.9 Å². The Morgan fingerprint density at radius 1 is 1.25 bits per heavy atom. The highest BCUT2D eigenvalue weighted by Gasteiger charge is 2.08. The largest absolute Gasteiger partial charge is 0.494 e. The lowest BCUT2D eigenvalue weighted by Gasteiger charge is -2.11. The Labute approximate surface area is 132 Å². The van der Waals surface area contributed by atoms with Gasteiger partial charge in [0.2, 0.25) is 0 Å². The molecular weight excluding hydrogens is 365 g/mol. The Balaban J connectivity index is 2.15. The first kappa shape index (κ1) is 14.8. The zero-order valence-electron chi connectivity index (χ0n) is 11.4. The number of nitrogens with one attached hydrogen (secondary N) is 1. The lowest BCUT2D eigenvalue weighted by Crippen LogP contribution is -2.12. The molecule has 0 radical (unpaired) electrons. The van der Waals surface area contributed by atoms with Gasteiger partial charge >= 0.3 is 0 Å². The second kappa shape index (κ2) is 6.74. The summed E-state index contributed by atoms with van der Waals surface area (Å²) in [4.78, 5) is 12.2. The van der Waals surface area contributed by atoms with E-state index < -0.39 is 0 Å². The standard InChI is InChI=1S/C16H16INO2/c1-3-20-14-7-8-15(11(2)9-14)18-16(19)12-5-4-6-13(17)10-12/h4-10H,3H2,1-2H3,(H,18,19). The highest BCUT2D eigenvalue weighted by Crippen LogP contribution is 2.22. The van der Waals surface area contributed by atoms with Gasteiger partial charge in [-0.1, -0.05) is 6.07 Å². The average molecular weight is 381 g/mol. The van der Waals surface area contributed by atoms with Gasteiger partial charge in [-0.3, -0.25) is 4.79 Å². The van der Waals surface area contributed by atoms with Crippen LogP contribution in [-0.2, 0) is 0 Å². The van der Waals surface area contributed by atoms with Crippen LogP contribution in [0.4, 0.5) is 5.69 Å². The van der Waals surface area contributed by atoms with E-state index >= 15 is 0 Å². The van der Waals surface area contributed by atoms with E-state index in [-0.39, 0.29) is 5.91 Å². The third-order valence-corrected chi connectivity index (χ3v) is 3.51. The van der Waals surface area contributed by atoms with Gasteiger partial charge in [-0.2, -0.15) is 0 Å². The lowest BCUT2D eigenvalue weighted by molar-refractivity contribution is 0.102. The van der Waals surface area contributed by atoms with Crippen LogP contribution in [0.3, 0.4) is 0 Å². The first-order valence-electron chi connectivity index (χ1n) is 6.40. The minimum absolute atomic E-state index is 0.101. The molecule has 3 nitrogen and oxygen atoms in total. The van der Waals surface area contributed by atoms with E-state index in [1.165, 1.54) is 0 Å². The summed E-state index contributed by atoms with van der Waals surface area (Å²) in [5, 5.41) is 2.93. The summed E-state index contributed by atoms with van der Waals surface area (Å²) in [6, 6.07) is 13.2. The fourth-order valence-electron chi connectivity index (χ4n) is 1.86. The number of anilines is 1. The Bertz CT molecular complexity index is 626. The van der Waals surface area contributed by atoms with Crippen LogP contribution in [-0.4, -0.2) is 12.5 Å². The number of rotatable bonds is 4. The molecule has 2 rings (SSSR count). The quantitative estimate of drug-likeness (QED) is 0.805. The van der Waals surface area contributed by atoms with E-state index in [1.54, 1.807) is 6.07 Å². The number of benzene rings is 2. The Morgan fingerprint density at radius 3 is 2.70 bits per heavy atom. The van der Waals surface area contributed by atoms with Crippen LogP contribution in [0.25, 0.3) is 0 Å². The molecule has 0 spiro atoms. The maximum atomic E-state index is 12.2. The first-order chi connectivity index (χ1) is 9.60. The zero-order chi connectivity index (χ0) is 14.5. The van der Waals surface area contributed by atoms with E-state index in [1.807, 2.05) is 50.2 Å². The fraction of sp³-hybridized carbons (Fsp3) is 0.188. The minimum Gasteiger partial charge on any atom is -0.494 e. The Hall–Kier alpha value is -1.56. The number of hydrogen-bond acceptors (Lipinski definition) is 2. The number of amides is 1. The molecule has 0 saturated carbocycles. The Kier molecular flexibility index (Phi) is 5.00. The van der Waals surface area contributed by atoms with Crippen LogP contribution < -0.4 is 10.1 Å². The molecule has 0 bridgehead atoms. The number of carbonyl (C=O) groups is 1. The molecule has 0 aromatic heterocycles. The smallest absolute Gasteiger partial charge is 0.255 e. The topological polar surface area (TPSA) is 38.3 Å². The second-order valence-electron chi connectivity index (χ2n) is 4.37. The van der Waals surface area contributed by atoms with Crippen molar-refractivity contribution in [2.24, 2.45) is 0 Å². The fourth-order valence-corrected chi connectivity index (χ4v) is 2.40. The highest BCUT2D eigenvalue weighted by atomic mass is 127. The van der Waals surface area contributed by atoms with Crippen LogP contribution in [0, 0.1) is 10.5 Å². The van der Waals surface area contributed by atoms with E-state index in [0.717, 1.165) is 20.6 Å². The minimum atomic E-state index is -0.101. The molecule has 0 aliphatic rings. The van der Waals surface area contributed by atoms with Gasteiger partial charge in [0, 0.05) is 14.8 Å². The van der Waals surface area contributed by atoms with Gasteiger partial charge in [-0.25, -0.2) is 0 Å². The normalized spacial score (nSPS) is 10.2. The van der Waals surface area contributed by atoms with Crippen LogP contribution in [0.15, 0.2) is 42.5 Å². The number of aryl methyl sites for hydroxylation is 1. The third-order valence-electron chi connectivity index (χ3n) is 2.84. The molecule has 104 valence electrons. The number of ether oxygens (including phenoxy) is 1. The summed E-state index contributed by atoms with van der Waals surface area (Å²) in [5.41, 5.74) is 2.44. The molecule has 20 heavy (non-hydrogen) atoms. The third kappa shape index (κ3) is 3.72. The van der Waals surface area contributed by atoms with Gasteiger partial charge in [0.1, 0.15) is 5.75 Å². The van der Waals surface area contributed by atoms with Gasteiger partial charge in [0.15, 0.2) is 0 Å². The van der Waals surface area contributed by atoms with Crippen LogP contribution in [0.1, 0.15) is 22.8 Å². The number of hydrogen-bond donors (Lipinski definition) is 1. The average Bonchev–Trinajstić information content (AvgIpc) is 2.42. The molecule has 1 amide bonds. The van der Waals surface area contributed by atoms with E-state index in [4.69, 9.17) is 4.74 Å². The maximum absolute atomic E-state index is 12.2. The summed E-state index contributed by atoms with van der Waals surface area (Å²) in [6.07, 6.45) is 0. The van der Waals surface area contributed by atoms with Crippen molar-refractivity contribution in [3.63, 3.8) is 0 Å². The Morgan fingerprint density at radius 2 is 2.05 bits per heavy atom. The molecule has 0 aliphatic carbocycles. The van der Waals surface area contributed by atoms with E-state index in [0.29, 0.717) is 12.2 Å². The van der Waals surface area contributed by atoms with Gasteiger partial charge in [-0.05, 0) is 78.4 Å². The summed E-state index contributed by atoms with van der Waals surface area (Å²) in [7, 11) is 0. The molecule has 0 fully saturated rings. The van der Waals surface area contributed by atoms with E-state index in [2.05, 4.69) is 27.9 Å². The molecular formula is C16H16INO2. The second-order valence-corrected chi connectivity index (χ2v) is 5.62. The maximum Gasteiger partial charge on any atom is 0.255 e. The monoisotopic (exact) mass is 381 g/mol. The van der Waals surface area contributed by atoms with Crippen LogP contribution in [0.2, 0.25) is 0 Å². The predicted molar refractivity (Wildman–Crippen MR) is 89.5 cm³/mol. The summed E-state index contributed by atoms with van der Waals surface area (Å²) < 4.78 is 6.47. The summed E-state index contributed by atoms with van der Waals surface area (Å²) in [5.74, 6) is 0.716. The van der Waals surface area contributed by atoms with Gasteiger partial charge in [0.25, 0.3) is 5.91 Å². The first-order valence-corrected chi connectivity index (χ1v) is 7.48. The summed E-state index contributed by atoms with van der Waals surface area (Å²) >= 11 is 2.19. The number of carbonyl (C=O) groups excluding carboxylic acids is 1. The van der Waals surface area contributed by atoms with Crippen molar-refractivity contribution < 1.29 is 9.53 Å². The van der Waals surface area contributed by atoms with Crippen molar-refractivity contribution in [1.29, 1.82) is 0 Å². The molecule has 0 saturated heterocycles. The van der Waals surface area contributed by atoms with Crippen molar-refractivity contribution in [3.8, 4) is 5.75 Å². The molecule has 4 heteroatoms. The molecule has 0 aliphatic heterocycles. The van der Waals surface area contributed by atoms with Crippen molar-refractivity contribution >= 4 is 34.2 Å². The van der Waals surface area contributed by atoms with Crippen molar-refractivity contribution in [1.82, 2.24) is 0 Å². The van der Waals surface area contributed by atoms with Crippen molar-refractivity contribution in [3.05, 3.63) is 57.2 Å². The molecule has 0 heterocycles. The highest BCUT2D eigenvalue weighted by molar-refractivity contribution is 14.1. The van der Waals surface area contributed by atoms with Crippen LogP contribution in [0.5, 0.6) is 5.75 Å². The molecule has 0 unspecified atom stereocenters. The predicted octanol–water partition coefficient (Wildman–Crippen LogP) is 4.25. The number of halogens is 1. The molecule has 0 atom stereocenters. The van der Waals surface area contributed by atoms with Gasteiger partial charge < -0.3 is 10.1 Å². The van der Waals surface area contributed by atoms with Crippen LogP contribution >= 0.6 is 22.6 Å². The molecule has 1 N–H and O–H groups in total. The zero-order valence-corrected chi connectivity index (χ0v) is 13.6. The van der Waals surface area contributed by atoms with Gasteiger partial charge in [-0.15, -0.1) is 0 Å². The molecule has 2 aromatic rings. The van der Waals surface area contributed by atoms with Crippen molar-refractivity contribution in [2.45, 2.75) is 13.8 Å². The van der Waals surface area contributed by atoms with Gasteiger partial charge in [0.05, 0.1) is 6.61 Å². The van der Waals surface area contributed by atoms with E-state index in [9.17, 15) is 4.79 Å². The lowest BCUT2D eigenvalue weighted by atomic mass is 10.1. The SMILES string of the molecule is CCOc1ccc(NC(=O)c2cccc(I)c2)c(C)c1. The summed E-state index contributed by atoms with van der Waals surface area (Å²) in [6.45, 7) is 4.53.